The summed E-state index contributed by atoms with van der Waals surface area (Å²) >= 11 is 0. The Morgan fingerprint density at radius 3 is 2.44 bits per heavy atom. The Labute approximate surface area is 94.7 Å². The summed E-state index contributed by atoms with van der Waals surface area (Å²) in [6.45, 7) is 2.16. The number of amides is 2. The lowest BCUT2D eigenvalue weighted by Crippen LogP contribution is -2.31. The zero-order chi connectivity index (χ0) is 11.5. The van der Waals surface area contributed by atoms with Crippen molar-refractivity contribution < 1.29 is 9.59 Å². The van der Waals surface area contributed by atoms with Crippen molar-refractivity contribution in [1.82, 2.24) is 10.6 Å². The van der Waals surface area contributed by atoms with Gasteiger partial charge in [-0.3, -0.25) is 20.2 Å². The van der Waals surface area contributed by atoms with Crippen molar-refractivity contribution in [1.29, 1.82) is 0 Å². The first kappa shape index (κ1) is 11.1. The maximum Gasteiger partial charge on any atom is 0.316 e. The van der Waals surface area contributed by atoms with Gasteiger partial charge in [0, 0.05) is 0 Å². The van der Waals surface area contributed by atoms with Gasteiger partial charge in [0.15, 0.2) is 0 Å². The molecule has 2 fully saturated rings. The molecule has 2 atom stereocenters. The van der Waals surface area contributed by atoms with Crippen LogP contribution in [0.2, 0.25) is 0 Å². The standard InChI is InChI=1S/C11H17N3O2/c1-2-7-5-3-4-6-8(7)12-11-13-9(15)10(16)14-11/h7-8H,2-6H2,1H3,(H2,12,13,14,15,16). The normalized spacial score (nSPS) is 29.9. The second-order valence-electron chi connectivity index (χ2n) is 4.41. The summed E-state index contributed by atoms with van der Waals surface area (Å²) in [5, 5.41) is 4.89. The second kappa shape index (κ2) is 4.63. The number of hydrogen-bond acceptors (Lipinski definition) is 3. The molecule has 0 aromatic carbocycles. The molecular weight excluding hydrogens is 206 g/mol. The van der Waals surface area contributed by atoms with E-state index < -0.39 is 11.8 Å². The van der Waals surface area contributed by atoms with Crippen LogP contribution in [0.3, 0.4) is 0 Å². The molecule has 1 saturated heterocycles. The Hall–Kier alpha value is -1.39. The van der Waals surface area contributed by atoms with Gasteiger partial charge in [0.2, 0.25) is 5.96 Å². The number of carbonyl (C=O) groups excluding carboxylic acids is 2. The molecule has 0 bridgehead atoms. The van der Waals surface area contributed by atoms with Crippen LogP contribution in [0, 0.1) is 5.92 Å². The van der Waals surface area contributed by atoms with Gasteiger partial charge in [-0.1, -0.05) is 26.2 Å². The van der Waals surface area contributed by atoms with Gasteiger partial charge in [0.05, 0.1) is 6.04 Å². The number of carbonyl (C=O) groups is 2. The van der Waals surface area contributed by atoms with Crippen molar-refractivity contribution in [3.8, 4) is 0 Å². The predicted molar refractivity (Wildman–Crippen MR) is 59.8 cm³/mol. The van der Waals surface area contributed by atoms with Crippen molar-refractivity contribution in [3.63, 3.8) is 0 Å². The maximum absolute atomic E-state index is 11.0. The third kappa shape index (κ3) is 2.23. The molecule has 1 aliphatic carbocycles. The minimum Gasteiger partial charge on any atom is -0.288 e. The number of hydrogen-bond donors (Lipinski definition) is 2. The topological polar surface area (TPSA) is 70.6 Å². The molecule has 2 N–H and O–H groups in total. The first-order valence-electron chi connectivity index (χ1n) is 5.91. The molecule has 0 aromatic heterocycles. The van der Waals surface area contributed by atoms with Crippen molar-refractivity contribution in [2.75, 3.05) is 0 Å². The minimum atomic E-state index is -0.609. The molecule has 0 spiro atoms. The molecule has 2 aliphatic rings. The van der Waals surface area contributed by atoms with Gasteiger partial charge in [0.1, 0.15) is 0 Å². The highest BCUT2D eigenvalue weighted by atomic mass is 16.2. The van der Waals surface area contributed by atoms with Crippen LogP contribution in [-0.2, 0) is 9.59 Å². The van der Waals surface area contributed by atoms with Gasteiger partial charge in [-0.25, -0.2) is 4.99 Å². The van der Waals surface area contributed by atoms with Crippen molar-refractivity contribution in [3.05, 3.63) is 0 Å². The number of nitrogens with one attached hydrogen (secondary N) is 2. The zero-order valence-electron chi connectivity index (χ0n) is 9.45. The number of aliphatic imine (C=N–C) groups is 1. The summed E-state index contributed by atoms with van der Waals surface area (Å²) in [6, 6.07) is 0.243. The fourth-order valence-electron chi connectivity index (χ4n) is 2.42. The molecule has 0 aromatic rings. The van der Waals surface area contributed by atoms with E-state index in [9.17, 15) is 9.59 Å². The lowest BCUT2D eigenvalue weighted by molar-refractivity contribution is -0.135. The van der Waals surface area contributed by atoms with Gasteiger partial charge < -0.3 is 0 Å². The van der Waals surface area contributed by atoms with Crippen molar-refractivity contribution in [2.24, 2.45) is 10.9 Å². The Morgan fingerprint density at radius 2 is 1.81 bits per heavy atom. The van der Waals surface area contributed by atoms with Crippen LogP contribution in [0.25, 0.3) is 0 Å². The fourth-order valence-corrected chi connectivity index (χ4v) is 2.42. The molecule has 16 heavy (non-hydrogen) atoms. The largest absolute Gasteiger partial charge is 0.316 e. The Balaban J connectivity index is 2.04. The highest BCUT2D eigenvalue weighted by molar-refractivity contribution is 6.45. The SMILES string of the molecule is CCC1CCCCC1N=C1NC(=O)C(=O)N1. The molecule has 1 heterocycles. The van der Waals surface area contributed by atoms with Gasteiger partial charge in [-0.2, -0.15) is 0 Å². The molecule has 1 aliphatic heterocycles. The number of guanidine groups is 1. The van der Waals surface area contributed by atoms with E-state index in [0.29, 0.717) is 11.9 Å². The molecule has 1 saturated carbocycles. The highest BCUT2D eigenvalue weighted by Crippen LogP contribution is 2.29. The van der Waals surface area contributed by atoms with E-state index in [1.54, 1.807) is 0 Å². The predicted octanol–water partition coefficient (Wildman–Crippen LogP) is 0.557. The van der Waals surface area contributed by atoms with Crippen LogP contribution in [0.15, 0.2) is 4.99 Å². The lowest BCUT2D eigenvalue weighted by atomic mass is 9.83. The summed E-state index contributed by atoms with van der Waals surface area (Å²) in [6.07, 6.45) is 5.79. The maximum atomic E-state index is 11.0. The monoisotopic (exact) mass is 223 g/mol. The third-order valence-corrected chi connectivity index (χ3v) is 3.36. The van der Waals surface area contributed by atoms with E-state index in [2.05, 4.69) is 22.5 Å². The first-order chi connectivity index (χ1) is 7.70. The van der Waals surface area contributed by atoms with E-state index in [-0.39, 0.29) is 6.04 Å². The van der Waals surface area contributed by atoms with Crippen LogP contribution in [0.4, 0.5) is 0 Å². The van der Waals surface area contributed by atoms with Crippen LogP contribution in [0.1, 0.15) is 39.0 Å². The summed E-state index contributed by atoms with van der Waals surface area (Å²) in [5.41, 5.74) is 0. The first-order valence-corrected chi connectivity index (χ1v) is 5.91. The van der Waals surface area contributed by atoms with Crippen LogP contribution < -0.4 is 10.6 Å². The average Bonchev–Trinajstić information content (AvgIpc) is 2.59. The second-order valence-corrected chi connectivity index (χ2v) is 4.41. The molecular formula is C11H17N3O2. The minimum absolute atomic E-state index is 0.243. The Morgan fingerprint density at radius 1 is 1.19 bits per heavy atom. The molecule has 2 rings (SSSR count). The highest BCUT2D eigenvalue weighted by Gasteiger charge is 2.28. The average molecular weight is 223 g/mol. The van der Waals surface area contributed by atoms with Crippen molar-refractivity contribution >= 4 is 17.8 Å². The van der Waals surface area contributed by atoms with E-state index in [1.807, 2.05) is 0 Å². The van der Waals surface area contributed by atoms with Gasteiger partial charge >= 0.3 is 11.8 Å². The lowest BCUT2D eigenvalue weighted by Gasteiger charge is -2.27. The third-order valence-electron chi connectivity index (χ3n) is 3.36. The zero-order valence-corrected chi connectivity index (χ0v) is 9.45. The quantitative estimate of drug-likeness (QED) is 0.671. The van der Waals surface area contributed by atoms with Gasteiger partial charge in [0.25, 0.3) is 0 Å². The molecule has 2 unspecified atom stereocenters. The molecule has 88 valence electrons. The molecule has 5 heteroatoms. The van der Waals surface area contributed by atoms with E-state index in [4.69, 9.17) is 0 Å². The van der Waals surface area contributed by atoms with Crippen molar-refractivity contribution in [2.45, 2.75) is 45.1 Å². The summed E-state index contributed by atoms with van der Waals surface area (Å²) in [4.78, 5) is 26.4. The smallest absolute Gasteiger partial charge is 0.288 e. The fraction of sp³-hybridized carbons (Fsp3) is 0.727. The Bertz CT molecular complexity index is 320. The van der Waals surface area contributed by atoms with E-state index >= 15 is 0 Å². The van der Waals surface area contributed by atoms with E-state index in [1.165, 1.54) is 19.3 Å². The van der Waals surface area contributed by atoms with Gasteiger partial charge in [-0.15, -0.1) is 0 Å². The Kier molecular flexibility index (Phi) is 3.22. The summed E-state index contributed by atoms with van der Waals surface area (Å²) < 4.78 is 0. The molecule has 5 nitrogen and oxygen atoms in total. The van der Waals surface area contributed by atoms with Crippen LogP contribution >= 0.6 is 0 Å². The van der Waals surface area contributed by atoms with Crippen LogP contribution in [0.5, 0.6) is 0 Å². The summed E-state index contributed by atoms with van der Waals surface area (Å²) in [5.74, 6) is -0.304. The van der Waals surface area contributed by atoms with E-state index in [0.717, 1.165) is 12.8 Å². The molecule has 0 radical (unpaired) electrons. The number of nitrogens with zero attached hydrogens (tertiary/aromatic N) is 1. The van der Waals surface area contributed by atoms with Crippen LogP contribution in [-0.4, -0.2) is 23.8 Å². The molecule has 2 amide bonds. The number of rotatable bonds is 2. The summed E-state index contributed by atoms with van der Waals surface area (Å²) in [7, 11) is 0. The van der Waals surface area contributed by atoms with Gasteiger partial charge in [-0.05, 0) is 18.8 Å².